The van der Waals surface area contributed by atoms with E-state index in [1.165, 1.54) is 12.8 Å². The molecule has 3 rings (SSSR count). The first-order valence-electron chi connectivity index (χ1n) is 8.62. The van der Waals surface area contributed by atoms with Crippen LogP contribution in [0.25, 0.3) is 0 Å². The van der Waals surface area contributed by atoms with E-state index >= 15 is 0 Å². The third kappa shape index (κ3) is 3.57. The molecule has 0 aromatic carbocycles. The Balaban J connectivity index is 1.65. The van der Waals surface area contributed by atoms with Gasteiger partial charge in [0, 0.05) is 19.0 Å². The predicted molar refractivity (Wildman–Crippen MR) is 85.3 cm³/mol. The molecule has 1 amide bonds. The zero-order chi connectivity index (χ0) is 16.4. The lowest BCUT2D eigenvalue weighted by Crippen LogP contribution is -2.40. The first-order valence-corrected chi connectivity index (χ1v) is 8.62. The second-order valence-corrected chi connectivity index (χ2v) is 6.93. The molecule has 6 nitrogen and oxygen atoms in total. The minimum atomic E-state index is -0.756. The molecule has 2 saturated carbocycles. The Morgan fingerprint density at radius 1 is 1.22 bits per heavy atom. The average Bonchev–Trinajstić information content (AvgIpc) is 3.16. The summed E-state index contributed by atoms with van der Waals surface area (Å²) < 4.78 is 1.65. The van der Waals surface area contributed by atoms with Gasteiger partial charge in [-0.15, -0.1) is 0 Å². The summed E-state index contributed by atoms with van der Waals surface area (Å²) >= 11 is 0. The van der Waals surface area contributed by atoms with Crippen LogP contribution in [0.3, 0.4) is 0 Å². The number of carbonyl (C=O) groups excluding carboxylic acids is 1. The minimum absolute atomic E-state index is 0.0535. The van der Waals surface area contributed by atoms with Gasteiger partial charge < -0.3 is 10.4 Å². The van der Waals surface area contributed by atoms with Crippen molar-refractivity contribution in [3.05, 3.63) is 17.5 Å². The fraction of sp³-hybridized carbons (Fsp3) is 0.706. The van der Waals surface area contributed by atoms with E-state index in [0.717, 1.165) is 31.4 Å². The molecule has 2 aliphatic carbocycles. The van der Waals surface area contributed by atoms with E-state index in [1.54, 1.807) is 11.7 Å². The number of nitrogens with zero attached hydrogens (tertiary/aromatic N) is 2. The Labute approximate surface area is 136 Å². The van der Waals surface area contributed by atoms with Crippen LogP contribution in [0, 0.1) is 5.92 Å². The highest BCUT2D eigenvalue weighted by Gasteiger charge is 2.29. The number of aromatic nitrogens is 2. The lowest BCUT2D eigenvalue weighted by Gasteiger charge is -2.27. The summed E-state index contributed by atoms with van der Waals surface area (Å²) in [6.45, 7) is 0. The van der Waals surface area contributed by atoms with Crippen LogP contribution in [0.1, 0.15) is 73.5 Å². The summed E-state index contributed by atoms with van der Waals surface area (Å²) in [6.07, 6.45) is 7.71. The number of aliphatic carboxylic acids is 1. The summed E-state index contributed by atoms with van der Waals surface area (Å²) in [5, 5.41) is 16.7. The summed E-state index contributed by atoms with van der Waals surface area (Å²) in [5.41, 5.74) is 1.59. The van der Waals surface area contributed by atoms with Gasteiger partial charge in [-0.05, 0) is 38.2 Å². The zero-order valence-electron chi connectivity index (χ0n) is 13.6. The van der Waals surface area contributed by atoms with Crippen LogP contribution >= 0.6 is 0 Å². The second kappa shape index (κ2) is 6.72. The molecule has 23 heavy (non-hydrogen) atoms. The second-order valence-electron chi connectivity index (χ2n) is 6.93. The van der Waals surface area contributed by atoms with Crippen molar-refractivity contribution in [3.63, 3.8) is 0 Å². The smallest absolute Gasteiger partial charge is 0.306 e. The molecule has 126 valence electrons. The van der Waals surface area contributed by atoms with Crippen LogP contribution in [-0.2, 0) is 11.8 Å². The van der Waals surface area contributed by atoms with E-state index in [9.17, 15) is 9.59 Å². The molecule has 1 aromatic heterocycles. The van der Waals surface area contributed by atoms with E-state index < -0.39 is 5.97 Å². The molecule has 0 bridgehead atoms. The van der Waals surface area contributed by atoms with Crippen molar-refractivity contribution < 1.29 is 14.7 Å². The van der Waals surface area contributed by atoms with Crippen molar-refractivity contribution in [2.45, 2.75) is 63.3 Å². The van der Waals surface area contributed by atoms with Gasteiger partial charge in [-0.2, -0.15) is 5.10 Å². The third-order valence-electron chi connectivity index (χ3n) is 5.26. The molecular weight excluding hydrogens is 294 g/mol. The van der Waals surface area contributed by atoms with Gasteiger partial charge in [0.1, 0.15) is 5.69 Å². The molecule has 1 heterocycles. The maximum Gasteiger partial charge on any atom is 0.306 e. The molecule has 2 aliphatic rings. The van der Waals surface area contributed by atoms with Gasteiger partial charge in [0.2, 0.25) is 0 Å². The number of carboxylic acids is 1. The van der Waals surface area contributed by atoms with Gasteiger partial charge in [-0.3, -0.25) is 14.3 Å². The number of amides is 1. The molecule has 1 aromatic rings. The summed E-state index contributed by atoms with van der Waals surface area (Å²) in [6, 6.07) is 1.85. The van der Waals surface area contributed by atoms with E-state index in [2.05, 4.69) is 10.4 Å². The van der Waals surface area contributed by atoms with Crippen LogP contribution in [0.5, 0.6) is 0 Å². The highest BCUT2D eigenvalue weighted by atomic mass is 16.4. The summed E-state index contributed by atoms with van der Waals surface area (Å²) in [5.74, 6) is -0.753. The Kier molecular flexibility index (Phi) is 4.68. The lowest BCUT2D eigenvalue weighted by atomic mass is 9.86. The Morgan fingerprint density at radius 3 is 2.65 bits per heavy atom. The minimum Gasteiger partial charge on any atom is -0.481 e. The SMILES string of the molecule is Cn1nc(C2CCCC2)cc1C(=O)NC1CCCC(C(=O)O)C1. The van der Waals surface area contributed by atoms with Crippen LogP contribution in [-0.4, -0.2) is 32.8 Å². The van der Waals surface area contributed by atoms with Crippen molar-refractivity contribution in [1.29, 1.82) is 0 Å². The quantitative estimate of drug-likeness (QED) is 0.893. The van der Waals surface area contributed by atoms with E-state index in [1.807, 2.05) is 6.07 Å². The van der Waals surface area contributed by atoms with Crippen LogP contribution < -0.4 is 5.32 Å². The predicted octanol–water partition coefficient (Wildman–Crippen LogP) is 2.45. The van der Waals surface area contributed by atoms with Gasteiger partial charge in [-0.1, -0.05) is 19.3 Å². The van der Waals surface area contributed by atoms with E-state index in [-0.39, 0.29) is 17.9 Å². The van der Waals surface area contributed by atoms with Crippen molar-refractivity contribution in [3.8, 4) is 0 Å². The molecule has 0 aliphatic heterocycles. The van der Waals surface area contributed by atoms with Gasteiger partial charge in [0.15, 0.2) is 0 Å². The molecule has 2 atom stereocenters. The third-order valence-corrected chi connectivity index (χ3v) is 5.26. The van der Waals surface area contributed by atoms with Crippen molar-refractivity contribution >= 4 is 11.9 Å². The normalized spacial score (nSPS) is 25.4. The number of hydrogen-bond donors (Lipinski definition) is 2. The molecule has 0 radical (unpaired) electrons. The Bertz CT molecular complexity index is 590. The number of carbonyl (C=O) groups is 2. The van der Waals surface area contributed by atoms with Crippen molar-refractivity contribution in [2.24, 2.45) is 13.0 Å². The molecule has 2 N–H and O–H groups in total. The Morgan fingerprint density at radius 2 is 1.96 bits per heavy atom. The van der Waals surface area contributed by atoms with Crippen LogP contribution in [0.4, 0.5) is 0 Å². The standard InChI is InChI=1S/C17H25N3O3/c1-20-15(10-14(19-20)11-5-2-3-6-11)16(21)18-13-8-4-7-12(9-13)17(22)23/h10-13H,2-9H2,1H3,(H,18,21)(H,22,23). The topological polar surface area (TPSA) is 84.2 Å². The first-order chi connectivity index (χ1) is 11.0. The highest BCUT2D eigenvalue weighted by molar-refractivity contribution is 5.93. The number of carboxylic acid groups (broad SMARTS) is 1. The fourth-order valence-corrected chi connectivity index (χ4v) is 3.93. The molecule has 6 heteroatoms. The number of rotatable bonds is 4. The number of aryl methyl sites for hydroxylation is 1. The maximum absolute atomic E-state index is 12.5. The molecule has 0 spiro atoms. The first kappa shape index (κ1) is 16.0. The zero-order valence-corrected chi connectivity index (χ0v) is 13.6. The van der Waals surface area contributed by atoms with Gasteiger partial charge in [0.05, 0.1) is 11.6 Å². The number of nitrogens with one attached hydrogen (secondary N) is 1. The van der Waals surface area contributed by atoms with Gasteiger partial charge in [-0.25, -0.2) is 0 Å². The van der Waals surface area contributed by atoms with E-state index in [4.69, 9.17) is 5.11 Å². The fourth-order valence-electron chi connectivity index (χ4n) is 3.93. The van der Waals surface area contributed by atoms with Crippen LogP contribution in [0.15, 0.2) is 6.07 Å². The van der Waals surface area contributed by atoms with Gasteiger partial charge in [0.25, 0.3) is 5.91 Å². The summed E-state index contributed by atoms with van der Waals surface area (Å²) in [4.78, 5) is 23.7. The Hall–Kier alpha value is -1.85. The van der Waals surface area contributed by atoms with Crippen molar-refractivity contribution in [1.82, 2.24) is 15.1 Å². The van der Waals surface area contributed by atoms with E-state index in [0.29, 0.717) is 24.5 Å². The van der Waals surface area contributed by atoms with Crippen LogP contribution in [0.2, 0.25) is 0 Å². The maximum atomic E-state index is 12.5. The molecular formula is C17H25N3O3. The molecule has 2 fully saturated rings. The monoisotopic (exact) mass is 319 g/mol. The van der Waals surface area contributed by atoms with Gasteiger partial charge >= 0.3 is 5.97 Å². The van der Waals surface area contributed by atoms with Crippen molar-refractivity contribution in [2.75, 3.05) is 0 Å². The number of hydrogen-bond acceptors (Lipinski definition) is 3. The largest absolute Gasteiger partial charge is 0.481 e. The molecule has 0 saturated heterocycles. The average molecular weight is 319 g/mol. The highest BCUT2D eigenvalue weighted by Crippen LogP contribution is 2.33. The molecule has 2 unspecified atom stereocenters. The lowest BCUT2D eigenvalue weighted by molar-refractivity contribution is -0.143. The summed E-state index contributed by atoms with van der Waals surface area (Å²) in [7, 11) is 1.80.